The number of nitriles is 1. The summed E-state index contributed by atoms with van der Waals surface area (Å²) in [6.45, 7) is 1.30. The highest BCUT2D eigenvalue weighted by molar-refractivity contribution is 7.98. The third-order valence-electron chi connectivity index (χ3n) is 3.78. The van der Waals surface area contributed by atoms with E-state index in [4.69, 9.17) is 14.7 Å². The number of rotatable bonds is 3. The minimum Gasteiger partial charge on any atom is -0.490 e. The number of nitrogens with one attached hydrogen (secondary N) is 1. The summed E-state index contributed by atoms with van der Waals surface area (Å²) in [5.41, 5.74) is 1.09. The molecule has 0 atom stereocenters. The lowest BCUT2D eigenvalue weighted by Crippen LogP contribution is -2.15. The average Bonchev–Trinajstić information content (AvgIpc) is 2.90. The lowest BCUT2D eigenvalue weighted by atomic mass is 10.3. The molecule has 0 bridgehead atoms. The minimum atomic E-state index is -0.235. The van der Waals surface area contributed by atoms with Gasteiger partial charge in [0.2, 0.25) is 0 Å². The minimum absolute atomic E-state index is 0.235. The van der Waals surface area contributed by atoms with Gasteiger partial charge in [0, 0.05) is 29.3 Å². The molecule has 0 saturated carbocycles. The number of fused-ring (bicyclic) bond motifs is 2. The number of aromatic nitrogens is 3. The Morgan fingerprint density at radius 3 is 2.96 bits per heavy atom. The quantitative estimate of drug-likeness (QED) is 0.726. The Labute approximate surface area is 147 Å². The van der Waals surface area contributed by atoms with Crippen LogP contribution in [-0.4, -0.2) is 27.8 Å². The van der Waals surface area contributed by atoms with E-state index in [0.29, 0.717) is 35.9 Å². The Kier molecular flexibility index (Phi) is 4.07. The van der Waals surface area contributed by atoms with Gasteiger partial charge in [-0.15, -0.1) is 11.8 Å². The first-order valence-corrected chi connectivity index (χ1v) is 8.76. The summed E-state index contributed by atoms with van der Waals surface area (Å²) in [5.74, 6) is 2.01. The van der Waals surface area contributed by atoms with Crippen molar-refractivity contribution in [1.82, 2.24) is 14.6 Å². The first kappa shape index (κ1) is 15.6. The second kappa shape index (κ2) is 6.53. The van der Waals surface area contributed by atoms with Crippen LogP contribution in [0.4, 0.5) is 0 Å². The molecule has 0 spiro atoms. The van der Waals surface area contributed by atoms with Crippen molar-refractivity contribution in [3.05, 3.63) is 52.1 Å². The molecule has 0 aliphatic carbocycles. The molecule has 0 amide bonds. The molecule has 0 radical (unpaired) electrons. The molecule has 2 aromatic heterocycles. The van der Waals surface area contributed by atoms with Crippen LogP contribution in [0.25, 0.3) is 5.65 Å². The maximum Gasteiger partial charge on any atom is 0.272 e. The molecule has 1 aliphatic rings. The average molecular weight is 354 g/mol. The number of thioether (sulfide) groups is 1. The van der Waals surface area contributed by atoms with Crippen molar-refractivity contribution < 1.29 is 9.47 Å². The number of benzene rings is 1. The lowest BCUT2D eigenvalue weighted by Gasteiger charge is -2.09. The monoisotopic (exact) mass is 354 g/mol. The number of hydrogen-bond acceptors (Lipinski definition) is 6. The Bertz CT molecular complexity index is 1030. The van der Waals surface area contributed by atoms with Crippen molar-refractivity contribution in [3.63, 3.8) is 0 Å². The molecular weight excluding hydrogens is 340 g/mol. The van der Waals surface area contributed by atoms with Gasteiger partial charge >= 0.3 is 0 Å². The van der Waals surface area contributed by atoms with Gasteiger partial charge in [0.1, 0.15) is 11.6 Å². The second-order valence-corrected chi connectivity index (χ2v) is 6.54. The molecule has 25 heavy (non-hydrogen) atoms. The third kappa shape index (κ3) is 3.06. The van der Waals surface area contributed by atoms with E-state index in [9.17, 15) is 4.79 Å². The zero-order valence-electron chi connectivity index (χ0n) is 13.2. The molecule has 0 saturated heterocycles. The smallest absolute Gasteiger partial charge is 0.272 e. The number of aromatic amines is 1. The summed E-state index contributed by atoms with van der Waals surface area (Å²) < 4.78 is 12.6. The van der Waals surface area contributed by atoms with Crippen LogP contribution in [0.15, 0.2) is 40.2 Å². The van der Waals surface area contributed by atoms with Crippen LogP contribution in [0.1, 0.15) is 17.7 Å². The van der Waals surface area contributed by atoms with Crippen LogP contribution in [0, 0.1) is 11.3 Å². The molecule has 1 N–H and O–H groups in total. The van der Waals surface area contributed by atoms with Crippen LogP contribution in [0.3, 0.4) is 0 Å². The number of nitrogens with zero attached hydrogens (tertiary/aromatic N) is 3. The van der Waals surface area contributed by atoms with Crippen molar-refractivity contribution in [3.8, 4) is 17.6 Å². The lowest BCUT2D eigenvalue weighted by molar-refractivity contribution is 0.297. The number of hydrogen-bond donors (Lipinski definition) is 1. The Hall–Kier alpha value is -2.92. The van der Waals surface area contributed by atoms with Crippen LogP contribution in [0.2, 0.25) is 0 Å². The first-order valence-electron chi connectivity index (χ1n) is 7.77. The molecule has 8 heteroatoms. The molecule has 3 heterocycles. The Morgan fingerprint density at radius 2 is 2.12 bits per heavy atom. The molecule has 0 unspecified atom stereocenters. The summed E-state index contributed by atoms with van der Waals surface area (Å²) in [6.07, 6.45) is 2.34. The van der Waals surface area contributed by atoms with Crippen LogP contribution >= 0.6 is 11.8 Å². The van der Waals surface area contributed by atoms with Gasteiger partial charge in [0.05, 0.1) is 18.9 Å². The number of H-pyrrole nitrogens is 1. The van der Waals surface area contributed by atoms with Crippen molar-refractivity contribution in [2.45, 2.75) is 17.1 Å². The fourth-order valence-corrected chi connectivity index (χ4v) is 3.39. The van der Waals surface area contributed by atoms with Gasteiger partial charge in [-0.05, 0) is 18.2 Å². The van der Waals surface area contributed by atoms with Gasteiger partial charge < -0.3 is 9.47 Å². The standard InChI is InChI=1S/C17H14N4O3S/c18-8-11-9-19-21-16(22)6-12(20-17(11)21)10-25-13-2-3-14-15(7-13)24-5-1-4-23-14/h2-3,6-7,9,19H,1,4-5,10H2. The third-order valence-corrected chi connectivity index (χ3v) is 4.80. The molecule has 7 nitrogen and oxygen atoms in total. The molecule has 4 rings (SSSR count). The van der Waals surface area contributed by atoms with Crippen molar-refractivity contribution in [2.75, 3.05) is 13.2 Å². The molecule has 1 aromatic carbocycles. The number of ether oxygens (including phenoxy) is 2. The van der Waals surface area contributed by atoms with Gasteiger partial charge in [-0.1, -0.05) is 0 Å². The van der Waals surface area contributed by atoms with E-state index < -0.39 is 0 Å². The van der Waals surface area contributed by atoms with E-state index in [1.54, 1.807) is 11.8 Å². The fourth-order valence-electron chi connectivity index (χ4n) is 2.58. The van der Waals surface area contributed by atoms with E-state index in [1.165, 1.54) is 16.8 Å². The van der Waals surface area contributed by atoms with E-state index in [2.05, 4.69) is 10.1 Å². The Balaban J connectivity index is 1.57. The topological polar surface area (TPSA) is 92.4 Å². The van der Waals surface area contributed by atoms with E-state index in [1.807, 2.05) is 24.3 Å². The highest BCUT2D eigenvalue weighted by atomic mass is 32.2. The zero-order chi connectivity index (χ0) is 17.2. The Morgan fingerprint density at radius 1 is 1.28 bits per heavy atom. The van der Waals surface area contributed by atoms with Crippen molar-refractivity contribution >= 4 is 17.4 Å². The molecule has 1 aliphatic heterocycles. The molecule has 126 valence electrons. The summed E-state index contributed by atoms with van der Waals surface area (Å²) in [6, 6.07) is 9.29. The van der Waals surface area contributed by atoms with Gasteiger partial charge in [-0.2, -0.15) is 5.26 Å². The molecule has 3 aromatic rings. The summed E-state index contributed by atoms with van der Waals surface area (Å²) in [4.78, 5) is 17.5. The van der Waals surface area contributed by atoms with Crippen molar-refractivity contribution in [2.24, 2.45) is 0 Å². The highest BCUT2D eigenvalue weighted by Crippen LogP contribution is 2.34. The molecular formula is C17H14N4O3S. The zero-order valence-corrected chi connectivity index (χ0v) is 14.0. The van der Waals surface area contributed by atoms with Crippen LogP contribution in [0.5, 0.6) is 11.5 Å². The van der Waals surface area contributed by atoms with E-state index in [-0.39, 0.29) is 5.56 Å². The second-order valence-electron chi connectivity index (χ2n) is 5.49. The van der Waals surface area contributed by atoms with Gasteiger partial charge in [0.15, 0.2) is 17.1 Å². The normalized spacial score (nSPS) is 13.4. The first-order chi connectivity index (χ1) is 12.2. The van der Waals surface area contributed by atoms with Gasteiger partial charge in [-0.3, -0.25) is 9.89 Å². The maximum atomic E-state index is 12.1. The molecule has 0 fully saturated rings. The SMILES string of the molecule is N#Cc1c[nH]n2c(=O)cc(CSc3ccc4c(c3)OCCCO4)nc12. The van der Waals surface area contributed by atoms with E-state index >= 15 is 0 Å². The predicted octanol–water partition coefficient (Wildman–Crippen LogP) is 2.35. The van der Waals surface area contributed by atoms with Gasteiger partial charge in [-0.25, -0.2) is 9.50 Å². The maximum absolute atomic E-state index is 12.1. The predicted molar refractivity (Wildman–Crippen MR) is 92.1 cm³/mol. The summed E-state index contributed by atoms with van der Waals surface area (Å²) >= 11 is 1.55. The fraction of sp³-hybridized carbons (Fsp3) is 0.235. The highest BCUT2D eigenvalue weighted by Gasteiger charge is 2.12. The van der Waals surface area contributed by atoms with Gasteiger partial charge in [0.25, 0.3) is 5.56 Å². The summed E-state index contributed by atoms with van der Waals surface area (Å²) in [5, 5.41) is 11.8. The van der Waals surface area contributed by atoms with Crippen LogP contribution in [-0.2, 0) is 5.75 Å². The largest absolute Gasteiger partial charge is 0.490 e. The van der Waals surface area contributed by atoms with Crippen molar-refractivity contribution in [1.29, 1.82) is 5.26 Å². The van der Waals surface area contributed by atoms with Crippen LogP contribution < -0.4 is 15.0 Å². The van der Waals surface area contributed by atoms with E-state index in [0.717, 1.165) is 22.8 Å². The summed E-state index contributed by atoms with van der Waals surface area (Å²) in [7, 11) is 0.